The summed E-state index contributed by atoms with van der Waals surface area (Å²) in [7, 11) is 0. The minimum atomic E-state index is 0.112. The molecule has 1 aromatic heterocycles. The van der Waals surface area contributed by atoms with Crippen LogP contribution in [0.3, 0.4) is 0 Å². The molecule has 4 nitrogen and oxygen atoms in total. The first kappa shape index (κ1) is 16.4. The third-order valence-corrected chi connectivity index (χ3v) is 5.76. The number of carbonyl (C=O) groups excluding carboxylic acids is 1. The molecule has 25 heavy (non-hydrogen) atoms. The fourth-order valence-electron chi connectivity index (χ4n) is 4.27. The third-order valence-electron chi connectivity index (χ3n) is 5.76. The van der Waals surface area contributed by atoms with Gasteiger partial charge in [-0.15, -0.1) is 0 Å². The Hall–Kier alpha value is -2.10. The highest BCUT2D eigenvalue weighted by molar-refractivity contribution is 5.79. The molecule has 1 aliphatic heterocycles. The second kappa shape index (κ2) is 7.03. The van der Waals surface area contributed by atoms with Crippen molar-refractivity contribution in [3.05, 3.63) is 41.9 Å². The largest absolute Gasteiger partial charge is 0.340 e. The van der Waals surface area contributed by atoms with E-state index in [4.69, 9.17) is 0 Å². The van der Waals surface area contributed by atoms with Crippen molar-refractivity contribution in [3.8, 4) is 11.3 Å². The molecule has 0 radical (unpaired) electrons. The van der Waals surface area contributed by atoms with Gasteiger partial charge in [-0.25, -0.2) is 4.98 Å². The van der Waals surface area contributed by atoms with Crippen LogP contribution in [0.25, 0.3) is 11.3 Å². The fraction of sp³-hybridized carbons (Fsp3) is 0.524. The Morgan fingerprint density at radius 1 is 1.08 bits per heavy atom. The summed E-state index contributed by atoms with van der Waals surface area (Å²) in [4.78, 5) is 23.2. The minimum absolute atomic E-state index is 0.112. The van der Waals surface area contributed by atoms with Crippen LogP contribution < -0.4 is 0 Å². The van der Waals surface area contributed by atoms with E-state index in [1.165, 1.54) is 24.8 Å². The highest BCUT2D eigenvalue weighted by Gasteiger charge is 2.34. The molecule has 1 saturated heterocycles. The maximum absolute atomic E-state index is 13.0. The molecule has 1 atom stereocenters. The highest BCUT2D eigenvalue weighted by atomic mass is 16.2. The van der Waals surface area contributed by atoms with E-state index in [0.29, 0.717) is 5.91 Å². The van der Waals surface area contributed by atoms with Gasteiger partial charge in [0, 0.05) is 12.5 Å². The van der Waals surface area contributed by atoms with Crippen LogP contribution in [-0.4, -0.2) is 27.3 Å². The topological polar surface area (TPSA) is 49.0 Å². The number of hydrogen-bond donors (Lipinski definition) is 1. The predicted molar refractivity (Wildman–Crippen MR) is 99.0 cm³/mol. The van der Waals surface area contributed by atoms with Gasteiger partial charge in [-0.1, -0.05) is 42.7 Å². The first-order valence-electron chi connectivity index (χ1n) is 9.65. The van der Waals surface area contributed by atoms with Crippen LogP contribution in [-0.2, 0) is 4.79 Å². The number of rotatable bonds is 3. The van der Waals surface area contributed by atoms with E-state index >= 15 is 0 Å². The summed E-state index contributed by atoms with van der Waals surface area (Å²) in [5, 5.41) is 0. The van der Waals surface area contributed by atoms with Gasteiger partial charge >= 0.3 is 0 Å². The van der Waals surface area contributed by atoms with Crippen LogP contribution in [0, 0.1) is 12.8 Å². The Morgan fingerprint density at radius 2 is 1.80 bits per heavy atom. The quantitative estimate of drug-likeness (QED) is 0.888. The highest BCUT2D eigenvalue weighted by Crippen LogP contribution is 2.35. The molecule has 1 aromatic carbocycles. The van der Waals surface area contributed by atoms with Crippen LogP contribution in [0.1, 0.15) is 62.4 Å². The van der Waals surface area contributed by atoms with Gasteiger partial charge in [0.1, 0.15) is 5.82 Å². The Labute approximate surface area is 149 Å². The monoisotopic (exact) mass is 337 g/mol. The molecule has 1 amide bonds. The lowest BCUT2D eigenvalue weighted by molar-refractivity contribution is -0.139. The first-order chi connectivity index (χ1) is 12.2. The maximum Gasteiger partial charge on any atom is 0.226 e. The molecule has 4 heteroatoms. The lowest BCUT2D eigenvalue weighted by atomic mass is 9.98. The van der Waals surface area contributed by atoms with E-state index in [0.717, 1.165) is 49.3 Å². The van der Waals surface area contributed by atoms with Gasteiger partial charge in [0.15, 0.2) is 0 Å². The molecule has 1 unspecified atom stereocenters. The van der Waals surface area contributed by atoms with Gasteiger partial charge in [-0.05, 0) is 44.6 Å². The summed E-state index contributed by atoms with van der Waals surface area (Å²) in [6, 6.07) is 8.59. The molecule has 1 N–H and O–H groups in total. The normalized spacial score (nSPS) is 21.6. The van der Waals surface area contributed by atoms with E-state index in [1.807, 2.05) is 6.20 Å². The number of H-pyrrole nitrogens is 1. The van der Waals surface area contributed by atoms with Crippen molar-refractivity contribution in [2.24, 2.45) is 5.92 Å². The second-order valence-corrected chi connectivity index (χ2v) is 7.57. The summed E-state index contributed by atoms with van der Waals surface area (Å²) in [6.45, 7) is 2.97. The van der Waals surface area contributed by atoms with Crippen LogP contribution in [0.2, 0.25) is 0 Å². The molecular formula is C21H27N3O. The number of piperidine rings is 1. The van der Waals surface area contributed by atoms with Crippen molar-refractivity contribution in [1.82, 2.24) is 14.9 Å². The Balaban J connectivity index is 1.56. The molecular weight excluding hydrogens is 310 g/mol. The van der Waals surface area contributed by atoms with Gasteiger partial charge in [0.05, 0.1) is 17.9 Å². The van der Waals surface area contributed by atoms with Crippen LogP contribution in [0.15, 0.2) is 30.5 Å². The zero-order valence-electron chi connectivity index (χ0n) is 15.0. The van der Waals surface area contributed by atoms with E-state index < -0.39 is 0 Å². The summed E-state index contributed by atoms with van der Waals surface area (Å²) < 4.78 is 0. The SMILES string of the molecule is Cc1ccc(-c2cnc(C3CCCCN3C(=O)C3CCCC3)[nH]2)cc1. The Morgan fingerprint density at radius 3 is 2.56 bits per heavy atom. The van der Waals surface area contributed by atoms with Crippen LogP contribution in [0.4, 0.5) is 0 Å². The average Bonchev–Trinajstić information content (AvgIpc) is 3.34. The second-order valence-electron chi connectivity index (χ2n) is 7.57. The number of amides is 1. The lowest BCUT2D eigenvalue weighted by Crippen LogP contribution is -2.41. The number of imidazole rings is 1. The molecule has 0 bridgehead atoms. The number of aromatic amines is 1. The maximum atomic E-state index is 13.0. The van der Waals surface area contributed by atoms with E-state index in [9.17, 15) is 4.79 Å². The van der Waals surface area contributed by atoms with E-state index in [2.05, 4.69) is 46.1 Å². The molecule has 132 valence electrons. The predicted octanol–water partition coefficient (Wildman–Crippen LogP) is 4.63. The van der Waals surface area contributed by atoms with Gasteiger partial charge in [0.2, 0.25) is 5.91 Å². The molecule has 2 fully saturated rings. The number of aromatic nitrogens is 2. The molecule has 2 aromatic rings. The van der Waals surface area contributed by atoms with Crippen LogP contribution >= 0.6 is 0 Å². The zero-order chi connectivity index (χ0) is 17.2. The van der Waals surface area contributed by atoms with Crippen LogP contribution in [0.5, 0.6) is 0 Å². The molecule has 2 aliphatic rings. The van der Waals surface area contributed by atoms with Crippen molar-refractivity contribution in [1.29, 1.82) is 0 Å². The van der Waals surface area contributed by atoms with Gasteiger partial charge in [-0.2, -0.15) is 0 Å². The molecule has 0 spiro atoms. The molecule has 1 saturated carbocycles. The number of carbonyl (C=O) groups is 1. The molecule has 2 heterocycles. The number of aryl methyl sites for hydroxylation is 1. The van der Waals surface area contributed by atoms with E-state index in [1.54, 1.807) is 0 Å². The summed E-state index contributed by atoms with van der Waals surface area (Å²) in [6.07, 6.45) is 9.73. The van der Waals surface area contributed by atoms with Crippen molar-refractivity contribution < 1.29 is 4.79 Å². The number of hydrogen-bond acceptors (Lipinski definition) is 2. The summed E-state index contributed by atoms with van der Waals surface area (Å²) in [5.74, 6) is 1.55. The summed E-state index contributed by atoms with van der Waals surface area (Å²) in [5.41, 5.74) is 3.44. The Kier molecular flexibility index (Phi) is 4.60. The fourth-order valence-corrected chi connectivity index (χ4v) is 4.27. The van der Waals surface area contributed by atoms with Crippen molar-refractivity contribution >= 4 is 5.91 Å². The molecule has 4 rings (SSSR count). The minimum Gasteiger partial charge on any atom is -0.340 e. The zero-order valence-corrected chi connectivity index (χ0v) is 15.0. The van der Waals surface area contributed by atoms with Gasteiger partial charge in [-0.3, -0.25) is 4.79 Å². The summed E-state index contributed by atoms with van der Waals surface area (Å²) >= 11 is 0. The number of nitrogens with zero attached hydrogens (tertiary/aromatic N) is 2. The van der Waals surface area contributed by atoms with Crippen molar-refractivity contribution in [2.45, 2.75) is 57.9 Å². The number of benzene rings is 1. The average molecular weight is 337 g/mol. The van der Waals surface area contributed by atoms with Crippen molar-refractivity contribution in [2.75, 3.05) is 6.54 Å². The molecule has 1 aliphatic carbocycles. The lowest BCUT2D eigenvalue weighted by Gasteiger charge is -2.36. The number of nitrogens with one attached hydrogen (secondary N) is 1. The van der Waals surface area contributed by atoms with Gasteiger partial charge < -0.3 is 9.88 Å². The van der Waals surface area contributed by atoms with Crippen molar-refractivity contribution in [3.63, 3.8) is 0 Å². The first-order valence-corrected chi connectivity index (χ1v) is 9.65. The standard InChI is InChI=1S/C21H27N3O/c1-15-9-11-16(12-10-15)18-14-22-20(23-18)19-8-4-5-13-24(19)21(25)17-6-2-3-7-17/h9-12,14,17,19H,2-8,13H2,1H3,(H,22,23). The number of likely N-dealkylation sites (tertiary alicyclic amines) is 1. The smallest absolute Gasteiger partial charge is 0.226 e. The van der Waals surface area contributed by atoms with Gasteiger partial charge in [0.25, 0.3) is 0 Å². The Bertz CT molecular complexity index is 728. The third kappa shape index (κ3) is 3.35. The van der Waals surface area contributed by atoms with E-state index in [-0.39, 0.29) is 12.0 Å².